The first kappa shape index (κ1) is 24.0. The van der Waals surface area contributed by atoms with E-state index in [1.54, 1.807) is 24.3 Å². The molecule has 8 heteroatoms. The number of amides is 1. The molecule has 0 radical (unpaired) electrons. The largest absolute Gasteiger partial charge is 0.361 e. The summed E-state index contributed by atoms with van der Waals surface area (Å²) in [6.45, 7) is 6.47. The Balaban J connectivity index is 0.000000231. The predicted molar refractivity (Wildman–Crippen MR) is 138 cm³/mol. The molecule has 1 amide bonds. The molecular weight excluding hydrogens is 448 g/mol. The zero-order chi connectivity index (χ0) is 24.2. The number of benzene rings is 2. The van der Waals surface area contributed by atoms with E-state index in [-0.39, 0.29) is 11.8 Å². The molecule has 1 aromatic heterocycles. The SMILES string of the molecule is CCN(CC)C(=O)[C@@H]1C=C2c3cccc4[nH]cc(c34)C[C@H]2N(C)C1.O=[SH](=O)Nc1ccccc1. The van der Waals surface area contributed by atoms with E-state index in [2.05, 4.69) is 66.0 Å². The minimum Gasteiger partial charge on any atom is -0.361 e. The van der Waals surface area contributed by atoms with Gasteiger partial charge in [0.25, 0.3) is 0 Å². The van der Waals surface area contributed by atoms with Crippen molar-refractivity contribution in [3.8, 4) is 0 Å². The first-order chi connectivity index (χ1) is 16.4. The van der Waals surface area contributed by atoms with E-state index in [0.29, 0.717) is 11.7 Å². The molecule has 0 saturated heterocycles. The Hall–Kier alpha value is -3.10. The van der Waals surface area contributed by atoms with Crippen LogP contribution in [-0.2, 0) is 22.1 Å². The number of aromatic amines is 1. The number of para-hydroxylation sites is 1. The number of rotatable bonds is 5. The van der Waals surface area contributed by atoms with Gasteiger partial charge >= 0.3 is 0 Å². The Morgan fingerprint density at radius 1 is 1.12 bits per heavy atom. The van der Waals surface area contributed by atoms with Gasteiger partial charge in [0, 0.05) is 48.5 Å². The fraction of sp³-hybridized carbons (Fsp3) is 0.346. The minimum absolute atomic E-state index is 0.0445. The highest BCUT2D eigenvalue weighted by Crippen LogP contribution is 2.40. The van der Waals surface area contributed by atoms with Crippen molar-refractivity contribution in [1.29, 1.82) is 0 Å². The van der Waals surface area contributed by atoms with Crippen molar-refractivity contribution < 1.29 is 13.2 Å². The zero-order valence-corrected chi connectivity index (χ0v) is 20.7. The van der Waals surface area contributed by atoms with E-state index >= 15 is 0 Å². The van der Waals surface area contributed by atoms with E-state index < -0.39 is 10.9 Å². The first-order valence-corrected chi connectivity index (χ1v) is 12.9. The Morgan fingerprint density at radius 2 is 1.85 bits per heavy atom. The summed E-state index contributed by atoms with van der Waals surface area (Å²) < 4.78 is 22.4. The normalized spacial score (nSPS) is 19.1. The van der Waals surface area contributed by atoms with E-state index in [9.17, 15) is 13.2 Å². The van der Waals surface area contributed by atoms with E-state index in [4.69, 9.17) is 0 Å². The molecule has 2 aromatic carbocycles. The van der Waals surface area contributed by atoms with Gasteiger partial charge in [0.15, 0.2) is 0 Å². The molecule has 180 valence electrons. The summed E-state index contributed by atoms with van der Waals surface area (Å²) in [6.07, 6.45) is 5.41. The van der Waals surface area contributed by atoms with Crippen LogP contribution in [0.25, 0.3) is 16.5 Å². The van der Waals surface area contributed by atoms with Crippen LogP contribution in [-0.4, -0.2) is 61.8 Å². The molecule has 0 fully saturated rings. The Labute approximate surface area is 202 Å². The molecule has 0 bridgehead atoms. The van der Waals surface area contributed by atoms with Crippen LogP contribution in [0.5, 0.6) is 0 Å². The third-order valence-electron chi connectivity index (χ3n) is 6.65. The molecule has 0 unspecified atom stereocenters. The summed E-state index contributed by atoms with van der Waals surface area (Å²) in [7, 11) is -0.376. The summed E-state index contributed by atoms with van der Waals surface area (Å²) in [5.74, 6) is 0.210. The van der Waals surface area contributed by atoms with E-state index in [1.165, 1.54) is 27.6 Å². The van der Waals surface area contributed by atoms with Crippen molar-refractivity contribution in [3.05, 3.63) is 71.9 Å². The molecule has 3 aromatic rings. The molecule has 2 N–H and O–H groups in total. The van der Waals surface area contributed by atoms with Crippen molar-refractivity contribution in [3.63, 3.8) is 0 Å². The number of carbonyl (C=O) groups is 1. The van der Waals surface area contributed by atoms with Crippen LogP contribution in [0.15, 0.2) is 60.8 Å². The second kappa shape index (κ2) is 10.4. The van der Waals surface area contributed by atoms with Gasteiger partial charge in [-0.15, -0.1) is 0 Å². The summed E-state index contributed by atoms with van der Waals surface area (Å²) in [5, 5.41) is 1.34. The Morgan fingerprint density at radius 3 is 2.53 bits per heavy atom. The van der Waals surface area contributed by atoms with Crippen molar-refractivity contribution in [2.24, 2.45) is 5.92 Å². The molecule has 1 aliphatic heterocycles. The Kier molecular flexibility index (Phi) is 7.38. The lowest BCUT2D eigenvalue weighted by atomic mass is 9.79. The number of likely N-dealkylation sites (N-methyl/N-ethyl adjacent to an activating group) is 1. The second-order valence-corrected chi connectivity index (χ2v) is 9.41. The number of thiol groups is 1. The number of carbonyl (C=O) groups excluding carboxylic acids is 1. The Bertz CT molecular complexity index is 1250. The highest BCUT2D eigenvalue weighted by molar-refractivity contribution is 7.73. The monoisotopic (exact) mass is 480 g/mol. The van der Waals surface area contributed by atoms with Gasteiger partial charge in [-0.05, 0) is 62.2 Å². The standard InChI is InChI=1S/C20H25N3O.C6H7NO2S/c1-4-23(5-2)20(24)14-9-16-15-7-6-8-17-19(15)13(11-21-17)10-18(16)22(3)12-14;8-10(9)7-6-4-2-1-3-5-6/h6-9,11,14,18,21H,4-5,10,12H2,1-3H3;1-5,10H,(H,7,8,9)/t14-,18-;/m1./s1. The van der Waals surface area contributed by atoms with Gasteiger partial charge in [0.1, 0.15) is 0 Å². The third-order valence-corrected chi connectivity index (χ3v) is 7.10. The second-order valence-electron chi connectivity index (χ2n) is 8.68. The van der Waals surface area contributed by atoms with Crippen molar-refractivity contribution >= 4 is 39.0 Å². The van der Waals surface area contributed by atoms with E-state index in [1.807, 2.05) is 11.0 Å². The zero-order valence-electron chi connectivity index (χ0n) is 19.8. The maximum absolute atomic E-state index is 12.9. The summed E-state index contributed by atoms with van der Waals surface area (Å²) in [5.41, 5.74) is 5.80. The number of hydrogen-bond acceptors (Lipinski definition) is 4. The number of nitrogens with zero attached hydrogens (tertiary/aromatic N) is 2. The first-order valence-electron chi connectivity index (χ1n) is 11.7. The molecular formula is C26H32N4O3S. The smallest absolute Gasteiger partial charge is 0.230 e. The van der Waals surface area contributed by atoms with Gasteiger partial charge in [-0.3, -0.25) is 14.4 Å². The lowest BCUT2D eigenvalue weighted by Crippen LogP contribution is -2.47. The van der Waals surface area contributed by atoms with Gasteiger partial charge in [-0.1, -0.05) is 36.4 Å². The van der Waals surface area contributed by atoms with Gasteiger partial charge in [0.05, 0.1) is 5.92 Å². The molecule has 0 spiro atoms. The van der Waals surface area contributed by atoms with Crippen molar-refractivity contribution in [1.82, 2.24) is 14.8 Å². The number of hydrogen-bond donors (Lipinski definition) is 3. The molecule has 1 aliphatic carbocycles. The number of anilines is 1. The lowest BCUT2D eigenvalue weighted by Gasteiger charge is -2.40. The lowest BCUT2D eigenvalue weighted by molar-refractivity contribution is -0.134. The molecule has 2 aliphatic rings. The predicted octanol–water partition coefficient (Wildman–Crippen LogP) is 3.53. The molecule has 2 heterocycles. The average molecular weight is 481 g/mol. The molecule has 7 nitrogen and oxygen atoms in total. The van der Waals surface area contributed by atoms with Crippen LogP contribution >= 0.6 is 0 Å². The van der Waals surface area contributed by atoms with Gasteiger partial charge in [-0.25, -0.2) is 8.42 Å². The van der Waals surface area contributed by atoms with Gasteiger partial charge < -0.3 is 9.88 Å². The fourth-order valence-electron chi connectivity index (χ4n) is 4.99. The van der Waals surface area contributed by atoms with Crippen LogP contribution in [0.4, 0.5) is 5.69 Å². The number of fused-ring (bicyclic) bond motifs is 2. The average Bonchev–Trinajstić information content (AvgIpc) is 3.25. The third kappa shape index (κ3) is 4.88. The molecule has 0 saturated carbocycles. The number of H-pyrrole nitrogens is 1. The highest BCUT2D eigenvalue weighted by atomic mass is 32.2. The molecule has 2 atom stereocenters. The van der Waals surface area contributed by atoms with Crippen LogP contribution in [0.2, 0.25) is 0 Å². The number of nitrogens with one attached hydrogen (secondary N) is 2. The minimum atomic E-state index is -2.53. The summed E-state index contributed by atoms with van der Waals surface area (Å²) >= 11 is 0. The van der Waals surface area contributed by atoms with E-state index in [0.717, 1.165) is 26.1 Å². The fourth-order valence-corrected chi connectivity index (χ4v) is 5.35. The van der Waals surface area contributed by atoms with Crippen molar-refractivity contribution in [2.45, 2.75) is 26.3 Å². The number of aromatic nitrogens is 1. The van der Waals surface area contributed by atoms with Crippen LogP contribution in [0.1, 0.15) is 25.0 Å². The maximum atomic E-state index is 12.9. The van der Waals surface area contributed by atoms with Gasteiger partial charge in [-0.2, -0.15) is 0 Å². The summed E-state index contributed by atoms with van der Waals surface area (Å²) in [6, 6.07) is 15.5. The van der Waals surface area contributed by atoms with Crippen LogP contribution < -0.4 is 4.72 Å². The molecule has 5 rings (SSSR count). The quantitative estimate of drug-likeness (QED) is 0.488. The maximum Gasteiger partial charge on any atom is 0.230 e. The van der Waals surface area contributed by atoms with Gasteiger partial charge in [0.2, 0.25) is 16.8 Å². The van der Waals surface area contributed by atoms with Crippen molar-refractivity contribution in [2.75, 3.05) is 31.4 Å². The molecule has 34 heavy (non-hydrogen) atoms. The topological polar surface area (TPSA) is 85.5 Å². The summed E-state index contributed by atoms with van der Waals surface area (Å²) in [4.78, 5) is 20.6. The van der Waals surface area contributed by atoms with Crippen LogP contribution in [0.3, 0.4) is 0 Å². The highest BCUT2D eigenvalue weighted by Gasteiger charge is 2.36. The van der Waals surface area contributed by atoms with Crippen LogP contribution in [0, 0.1) is 5.92 Å².